The largest absolute Gasteiger partial charge is 0.255 e. The Morgan fingerprint density at radius 2 is 2.25 bits per heavy atom. The summed E-state index contributed by atoms with van der Waals surface area (Å²) >= 11 is 0. The fourth-order valence-electron chi connectivity index (χ4n) is 1.10. The van der Waals surface area contributed by atoms with E-state index in [1.807, 2.05) is 0 Å². The standard InChI is InChI=1S/C7H9N5/c1-5(2)6-7-9-10-11-12(7)4-3-8-6/h3-5H,1-2H3. The van der Waals surface area contributed by atoms with Crippen LogP contribution in [-0.4, -0.2) is 25.0 Å². The molecule has 62 valence electrons. The zero-order chi connectivity index (χ0) is 8.55. The molecule has 2 aromatic rings. The molecular formula is C7H9N5. The summed E-state index contributed by atoms with van der Waals surface area (Å²) in [5.41, 5.74) is 1.68. The third-order valence-electron chi connectivity index (χ3n) is 1.69. The van der Waals surface area contributed by atoms with Crippen molar-refractivity contribution in [2.45, 2.75) is 19.8 Å². The summed E-state index contributed by atoms with van der Waals surface area (Å²) in [5, 5.41) is 11.2. The molecule has 2 heterocycles. The van der Waals surface area contributed by atoms with Crippen LogP contribution >= 0.6 is 0 Å². The molecule has 2 aromatic heterocycles. The van der Waals surface area contributed by atoms with Gasteiger partial charge in [0.25, 0.3) is 0 Å². The molecule has 0 unspecified atom stereocenters. The van der Waals surface area contributed by atoms with Gasteiger partial charge in [0.2, 0.25) is 5.65 Å². The van der Waals surface area contributed by atoms with Crippen LogP contribution in [0.3, 0.4) is 0 Å². The van der Waals surface area contributed by atoms with Crippen LogP contribution in [0, 0.1) is 0 Å². The summed E-state index contributed by atoms with van der Waals surface area (Å²) in [4.78, 5) is 4.22. The maximum Gasteiger partial charge on any atom is 0.200 e. The molecule has 0 spiro atoms. The lowest BCUT2D eigenvalue weighted by Gasteiger charge is -2.02. The minimum Gasteiger partial charge on any atom is -0.255 e. The van der Waals surface area contributed by atoms with Crippen LogP contribution in [0.1, 0.15) is 25.5 Å². The minimum absolute atomic E-state index is 0.347. The van der Waals surface area contributed by atoms with Crippen molar-refractivity contribution in [3.05, 3.63) is 18.1 Å². The zero-order valence-electron chi connectivity index (χ0n) is 6.97. The lowest BCUT2D eigenvalue weighted by Crippen LogP contribution is -1.98. The molecule has 0 atom stereocenters. The predicted molar refractivity (Wildman–Crippen MR) is 42.7 cm³/mol. The van der Waals surface area contributed by atoms with Gasteiger partial charge >= 0.3 is 0 Å². The maximum absolute atomic E-state index is 4.22. The van der Waals surface area contributed by atoms with Crippen molar-refractivity contribution >= 4 is 5.65 Å². The van der Waals surface area contributed by atoms with Gasteiger partial charge in [-0.05, 0) is 16.3 Å². The van der Waals surface area contributed by atoms with Crippen LogP contribution in [0.15, 0.2) is 12.4 Å². The summed E-state index contributed by atoms with van der Waals surface area (Å²) < 4.78 is 1.63. The van der Waals surface area contributed by atoms with Gasteiger partial charge in [-0.1, -0.05) is 13.8 Å². The highest BCUT2D eigenvalue weighted by Gasteiger charge is 2.08. The Morgan fingerprint density at radius 1 is 1.42 bits per heavy atom. The third-order valence-corrected chi connectivity index (χ3v) is 1.69. The number of rotatable bonds is 1. The smallest absolute Gasteiger partial charge is 0.200 e. The molecule has 0 saturated heterocycles. The average molecular weight is 163 g/mol. The number of nitrogens with zero attached hydrogens (tertiary/aromatic N) is 5. The second-order valence-corrected chi connectivity index (χ2v) is 2.91. The Labute approximate surface area is 69.4 Å². The molecular weight excluding hydrogens is 154 g/mol. The second-order valence-electron chi connectivity index (χ2n) is 2.91. The van der Waals surface area contributed by atoms with Crippen molar-refractivity contribution in [2.75, 3.05) is 0 Å². The van der Waals surface area contributed by atoms with Crippen molar-refractivity contribution in [3.8, 4) is 0 Å². The molecule has 0 radical (unpaired) electrons. The van der Waals surface area contributed by atoms with E-state index in [9.17, 15) is 0 Å². The van der Waals surface area contributed by atoms with Gasteiger partial charge in [0.1, 0.15) is 0 Å². The van der Waals surface area contributed by atoms with Crippen LogP contribution in [0.5, 0.6) is 0 Å². The predicted octanol–water partition coefficient (Wildman–Crippen LogP) is 0.643. The first-order valence-electron chi connectivity index (χ1n) is 3.81. The molecule has 0 aliphatic carbocycles. The molecule has 5 nitrogen and oxygen atoms in total. The Balaban J connectivity index is 2.73. The topological polar surface area (TPSA) is 56.0 Å². The van der Waals surface area contributed by atoms with Crippen LogP contribution < -0.4 is 0 Å². The molecule has 0 aliphatic heterocycles. The van der Waals surface area contributed by atoms with E-state index in [4.69, 9.17) is 0 Å². The Morgan fingerprint density at radius 3 is 3.00 bits per heavy atom. The molecule has 0 aliphatic rings. The molecule has 12 heavy (non-hydrogen) atoms. The van der Waals surface area contributed by atoms with Gasteiger partial charge in [0.15, 0.2) is 0 Å². The molecule has 0 saturated carbocycles. The summed E-state index contributed by atoms with van der Waals surface area (Å²) in [6, 6.07) is 0. The Kier molecular flexibility index (Phi) is 1.49. The van der Waals surface area contributed by atoms with Gasteiger partial charge in [-0.2, -0.15) is 4.52 Å². The van der Waals surface area contributed by atoms with Crippen molar-refractivity contribution < 1.29 is 0 Å². The second kappa shape index (κ2) is 2.51. The molecule has 2 rings (SSSR count). The van der Waals surface area contributed by atoms with E-state index in [1.165, 1.54) is 0 Å². The van der Waals surface area contributed by atoms with Gasteiger partial charge in [-0.25, -0.2) is 0 Å². The zero-order valence-corrected chi connectivity index (χ0v) is 6.97. The molecule has 0 bridgehead atoms. The van der Waals surface area contributed by atoms with E-state index in [0.29, 0.717) is 5.92 Å². The highest BCUT2D eigenvalue weighted by molar-refractivity contribution is 5.42. The first kappa shape index (κ1) is 7.15. The van der Waals surface area contributed by atoms with E-state index >= 15 is 0 Å². The number of hydrogen-bond acceptors (Lipinski definition) is 4. The first-order valence-corrected chi connectivity index (χ1v) is 3.81. The maximum atomic E-state index is 4.22. The summed E-state index contributed by atoms with van der Waals surface area (Å²) in [6.07, 6.45) is 3.44. The third kappa shape index (κ3) is 0.939. The van der Waals surface area contributed by atoms with E-state index in [2.05, 4.69) is 34.4 Å². The highest BCUT2D eigenvalue weighted by Crippen LogP contribution is 2.13. The van der Waals surface area contributed by atoms with Crippen molar-refractivity contribution in [2.24, 2.45) is 0 Å². The molecule has 0 fully saturated rings. The minimum atomic E-state index is 0.347. The van der Waals surface area contributed by atoms with Gasteiger partial charge in [0, 0.05) is 6.20 Å². The molecule has 0 N–H and O–H groups in total. The monoisotopic (exact) mass is 163 g/mol. The lowest BCUT2D eigenvalue weighted by molar-refractivity contribution is 0.793. The number of fused-ring (bicyclic) bond motifs is 1. The fraction of sp³-hybridized carbons (Fsp3) is 0.429. The fourth-order valence-corrected chi connectivity index (χ4v) is 1.10. The molecule has 0 amide bonds. The Hall–Kier alpha value is -1.52. The van der Waals surface area contributed by atoms with Crippen LogP contribution in [-0.2, 0) is 0 Å². The van der Waals surface area contributed by atoms with Gasteiger partial charge in [0.05, 0.1) is 11.9 Å². The molecule has 0 aromatic carbocycles. The highest BCUT2D eigenvalue weighted by atomic mass is 15.5. The average Bonchev–Trinajstić information content (AvgIpc) is 2.49. The van der Waals surface area contributed by atoms with E-state index in [0.717, 1.165) is 11.3 Å². The van der Waals surface area contributed by atoms with E-state index < -0.39 is 0 Å². The number of hydrogen-bond donors (Lipinski definition) is 0. The van der Waals surface area contributed by atoms with Crippen LogP contribution in [0.25, 0.3) is 5.65 Å². The van der Waals surface area contributed by atoms with Crippen molar-refractivity contribution in [1.82, 2.24) is 25.0 Å². The number of tetrazole rings is 1. The van der Waals surface area contributed by atoms with E-state index in [1.54, 1.807) is 16.9 Å². The van der Waals surface area contributed by atoms with Gasteiger partial charge < -0.3 is 0 Å². The summed E-state index contributed by atoms with van der Waals surface area (Å²) in [7, 11) is 0. The lowest BCUT2D eigenvalue weighted by atomic mass is 10.1. The summed E-state index contributed by atoms with van der Waals surface area (Å²) in [5.74, 6) is 0.347. The van der Waals surface area contributed by atoms with Crippen LogP contribution in [0.2, 0.25) is 0 Å². The first-order chi connectivity index (χ1) is 5.79. The van der Waals surface area contributed by atoms with Gasteiger partial charge in [-0.3, -0.25) is 4.98 Å². The summed E-state index contributed by atoms with van der Waals surface area (Å²) in [6.45, 7) is 4.13. The number of aromatic nitrogens is 5. The van der Waals surface area contributed by atoms with E-state index in [-0.39, 0.29) is 0 Å². The van der Waals surface area contributed by atoms with Crippen molar-refractivity contribution in [3.63, 3.8) is 0 Å². The SMILES string of the molecule is CC(C)c1nccn2nnnc12. The van der Waals surface area contributed by atoms with Crippen molar-refractivity contribution in [1.29, 1.82) is 0 Å². The van der Waals surface area contributed by atoms with Gasteiger partial charge in [-0.15, -0.1) is 5.10 Å². The quantitative estimate of drug-likeness (QED) is 0.619. The normalized spacial score (nSPS) is 11.2. The molecule has 5 heteroatoms. The Bertz CT molecular complexity index is 391. The van der Waals surface area contributed by atoms with Crippen LogP contribution in [0.4, 0.5) is 0 Å².